The predicted molar refractivity (Wildman–Crippen MR) is 79.7 cm³/mol. The van der Waals surface area contributed by atoms with Crippen LogP contribution in [0.4, 0.5) is 0 Å². The van der Waals surface area contributed by atoms with Gasteiger partial charge in [0.1, 0.15) is 5.78 Å². The van der Waals surface area contributed by atoms with E-state index in [2.05, 4.69) is 0 Å². The fourth-order valence-corrected chi connectivity index (χ4v) is 2.22. The maximum Gasteiger partial charge on any atom is 0.303 e. The number of aliphatic hydroxyl groups excluding tert-OH is 1. The van der Waals surface area contributed by atoms with Crippen LogP contribution in [0.5, 0.6) is 0 Å². The average molecular weight is 286 g/mol. The number of carboxylic acid groups (broad SMARTS) is 1. The molecule has 0 aromatic carbocycles. The van der Waals surface area contributed by atoms with Crippen LogP contribution in [0.3, 0.4) is 0 Å². The Balaban J connectivity index is 3.19. The second-order valence-electron chi connectivity index (χ2n) is 5.44. The minimum Gasteiger partial charge on any atom is -0.481 e. The Bertz CT molecular complexity index is 251. The fourth-order valence-electron chi connectivity index (χ4n) is 2.22. The van der Waals surface area contributed by atoms with Crippen molar-refractivity contribution in [3.05, 3.63) is 0 Å². The Kier molecular flexibility index (Phi) is 13.9. The number of carbonyl (C=O) groups excluding carboxylic acids is 1. The molecule has 0 amide bonds. The SMILES string of the molecule is O=C(O)CCCCCCC(=O)CCCCCCCCO. The third-order valence-electron chi connectivity index (χ3n) is 3.46. The quantitative estimate of drug-likeness (QED) is 0.450. The predicted octanol–water partition coefficient (Wildman–Crippen LogP) is 3.70. The highest BCUT2D eigenvalue weighted by Crippen LogP contribution is 2.10. The summed E-state index contributed by atoms with van der Waals surface area (Å²) in [5.74, 6) is -0.390. The number of unbranched alkanes of at least 4 members (excludes halogenated alkanes) is 8. The van der Waals surface area contributed by atoms with E-state index in [0.717, 1.165) is 64.2 Å². The van der Waals surface area contributed by atoms with Crippen molar-refractivity contribution in [1.82, 2.24) is 0 Å². The molecule has 0 aliphatic carbocycles. The molecule has 4 nitrogen and oxygen atoms in total. The smallest absolute Gasteiger partial charge is 0.303 e. The van der Waals surface area contributed by atoms with Gasteiger partial charge in [-0.05, 0) is 25.7 Å². The molecule has 0 bridgehead atoms. The maximum absolute atomic E-state index is 11.6. The Hall–Kier alpha value is -0.900. The lowest BCUT2D eigenvalue weighted by molar-refractivity contribution is -0.137. The maximum atomic E-state index is 11.6. The summed E-state index contributed by atoms with van der Waals surface area (Å²) in [7, 11) is 0. The summed E-state index contributed by atoms with van der Waals surface area (Å²) in [4.78, 5) is 21.9. The Morgan fingerprint density at radius 2 is 1.00 bits per heavy atom. The second-order valence-corrected chi connectivity index (χ2v) is 5.44. The molecule has 0 aromatic heterocycles. The molecule has 0 aromatic rings. The van der Waals surface area contributed by atoms with Crippen molar-refractivity contribution in [3.63, 3.8) is 0 Å². The zero-order valence-corrected chi connectivity index (χ0v) is 12.6. The van der Waals surface area contributed by atoms with E-state index in [-0.39, 0.29) is 13.0 Å². The zero-order valence-electron chi connectivity index (χ0n) is 12.6. The molecule has 0 heterocycles. The molecule has 0 spiro atoms. The summed E-state index contributed by atoms with van der Waals surface area (Å²) in [5.41, 5.74) is 0. The summed E-state index contributed by atoms with van der Waals surface area (Å²) in [6.45, 7) is 0.283. The van der Waals surface area contributed by atoms with E-state index in [9.17, 15) is 9.59 Å². The van der Waals surface area contributed by atoms with Crippen LogP contribution in [0.2, 0.25) is 0 Å². The van der Waals surface area contributed by atoms with E-state index >= 15 is 0 Å². The first-order chi connectivity index (χ1) is 9.66. The first kappa shape index (κ1) is 19.1. The van der Waals surface area contributed by atoms with Crippen molar-refractivity contribution < 1.29 is 19.8 Å². The van der Waals surface area contributed by atoms with Gasteiger partial charge in [-0.15, -0.1) is 0 Å². The number of Topliss-reactive ketones (excluding diaryl/α,β-unsaturated/α-hetero) is 1. The first-order valence-electron chi connectivity index (χ1n) is 8.01. The molecular formula is C16H30O4. The van der Waals surface area contributed by atoms with Crippen molar-refractivity contribution in [3.8, 4) is 0 Å². The van der Waals surface area contributed by atoms with Gasteiger partial charge in [-0.25, -0.2) is 0 Å². The average Bonchev–Trinajstić information content (AvgIpc) is 2.41. The summed E-state index contributed by atoms with van der Waals surface area (Å²) in [6, 6.07) is 0. The van der Waals surface area contributed by atoms with Crippen LogP contribution < -0.4 is 0 Å². The molecule has 0 aliphatic rings. The first-order valence-corrected chi connectivity index (χ1v) is 8.01. The monoisotopic (exact) mass is 286 g/mol. The number of aliphatic carboxylic acids is 1. The van der Waals surface area contributed by atoms with Crippen LogP contribution in [0, 0.1) is 0 Å². The molecule has 0 unspecified atom stereocenters. The number of hydrogen-bond acceptors (Lipinski definition) is 3. The minimum absolute atomic E-state index is 0.240. The van der Waals surface area contributed by atoms with E-state index in [1.54, 1.807) is 0 Å². The summed E-state index contributed by atoms with van der Waals surface area (Å²) in [6.07, 6.45) is 11.4. The third-order valence-corrected chi connectivity index (χ3v) is 3.46. The van der Waals surface area contributed by atoms with Gasteiger partial charge in [-0.3, -0.25) is 9.59 Å². The lowest BCUT2D eigenvalue weighted by atomic mass is 10.0. The molecule has 0 radical (unpaired) electrons. The Morgan fingerprint density at radius 3 is 1.45 bits per heavy atom. The number of rotatable bonds is 15. The molecular weight excluding hydrogens is 256 g/mol. The number of carbonyl (C=O) groups is 2. The van der Waals surface area contributed by atoms with Gasteiger partial charge in [0.2, 0.25) is 0 Å². The van der Waals surface area contributed by atoms with Crippen molar-refractivity contribution >= 4 is 11.8 Å². The molecule has 0 saturated carbocycles. The van der Waals surface area contributed by atoms with Crippen molar-refractivity contribution in [1.29, 1.82) is 0 Å². The van der Waals surface area contributed by atoms with Crippen molar-refractivity contribution in [2.45, 2.75) is 83.5 Å². The third kappa shape index (κ3) is 15.2. The topological polar surface area (TPSA) is 74.6 Å². The standard InChI is InChI=1S/C16H30O4/c17-14-10-6-2-1-3-7-11-15(18)12-8-4-5-9-13-16(19)20/h17H,1-14H2,(H,19,20). The van der Waals surface area contributed by atoms with E-state index in [1.165, 1.54) is 0 Å². The van der Waals surface area contributed by atoms with Gasteiger partial charge >= 0.3 is 5.97 Å². The number of carboxylic acids is 1. The van der Waals surface area contributed by atoms with Gasteiger partial charge in [-0.1, -0.05) is 38.5 Å². The van der Waals surface area contributed by atoms with Gasteiger partial charge in [0.05, 0.1) is 0 Å². The van der Waals surface area contributed by atoms with E-state index in [0.29, 0.717) is 18.6 Å². The van der Waals surface area contributed by atoms with Gasteiger partial charge < -0.3 is 10.2 Å². The van der Waals surface area contributed by atoms with Crippen LogP contribution >= 0.6 is 0 Å². The fraction of sp³-hybridized carbons (Fsp3) is 0.875. The number of aliphatic hydroxyl groups is 1. The van der Waals surface area contributed by atoms with Gasteiger partial charge in [-0.2, -0.15) is 0 Å². The Labute approximate surface area is 122 Å². The molecule has 0 atom stereocenters. The largest absolute Gasteiger partial charge is 0.481 e. The molecule has 0 saturated heterocycles. The van der Waals surface area contributed by atoms with Gasteiger partial charge in [0.25, 0.3) is 0 Å². The highest BCUT2D eigenvalue weighted by atomic mass is 16.4. The summed E-state index contributed by atoms with van der Waals surface area (Å²) in [5, 5.41) is 17.1. The molecule has 0 aliphatic heterocycles. The lowest BCUT2D eigenvalue weighted by Gasteiger charge is -2.02. The molecule has 2 N–H and O–H groups in total. The van der Waals surface area contributed by atoms with E-state index < -0.39 is 5.97 Å². The van der Waals surface area contributed by atoms with Crippen LogP contribution in [-0.4, -0.2) is 28.6 Å². The second kappa shape index (κ2) is 14.5. The van der Waals surface area contributed by atoms with Crippen LogP contribution in [-0.2, 0) is 9.59 Å². The van der Waals surface area contributed by atoms with Crippen molar-refractivity contribution in [2.75, 3.05) is 6.61 Å². The summed E-state index contributed by atoms with van der Waals surface area (Å²) < 4.78 is 0. The normalized spacial score (nSPS) is 10.7. The molecule has 0 rings (SSSR count). The van der Waals surface area contributed by atoms with E-state index in [1.807, 2.05) is 0 Å². The highest BCUT2D eigenvalue weighted by Gasteiger charge is 2.02. The van der Waals surface area contributed by atoms with Crippen molar-refractivity contribution in [2.24, 2.45) is 0 Å². The molecule has 4 heteroatoms. The summed E-state index contributed by atoms with van der Waals surface area (Å²) >= 11 is 0. The van der Waals surface area contributed by atoms with E-state index in [4.69, 9.17) is 10.2 Å². The molecule has 118 valence electrons. The zero-order chi connectivity index (χ0) is 15.1. The van der Waals surface area contributed by atoms with Gasteiger partial charge in [0, 0.05) is 25.9 Å². The van der Waals surface area contributed by atoms with Crippen LogP contribution in [0.15, 0.2) is 0 Å². The highest BCUT2D eigenvalue weighted by molar-refractivity contribution is 5.78. The number of hydrogen-bond donors (Lipinski definition) is 2. The number of ketones is 1. The van der Waals surface area contributed by atoms with Gasteiger partial charge in [0.15, 0.2) is 0 Å². The lowest BCUT2D eigenvalue weighted by Crippen LogP contribution is -1.98. The Morgan fingerprint density at radius 1 is 0.600 bits per heavy atom. The minimum atomic E-state index is -0.736. The van der Waals surface area contributed by atoms with Crippen LogP contribution in [0.25, 0.3) is 0 Å². The van der Waals surface area contributed by atoms with Crippen LogP contribution in [0.1, 0.15) is 83.5 Å². The molecule has 20 heavy (non-hydrogen) atoms. The molecule has 0 fully saturated rings.